The molecule has 4 N–H and O–H groups in total. The Hall–Kier alpha value is -1.11. The first-order valence-electron chi connectivity index (χ1n) is 7.19. The second-order valence-electron chi connectivity index (χ2n) is 5.16. The highest BCUT2D eigenvalue weighted by Crippen LogP contribution is 2.25. The fourth-order valence-electron chi connectivity index (χ4n) is 1.96. The molecule has 2 amide bonds. The molecule has 1 heterocycles. The number of hydrogen-bond donors (Lipinski definition) is 2. The molecule has 122 valence electrons. The van der Waals surface area contributed by atoms with Gasteiger partial charge >= 0.3 is 6.09 Å². The number of nitrogens with zero attached hydrogens (tertiary/aromatic N) is 2. The van der Waals surface area contributed by atoms with Crippen molar-refractivity contribution in [2.45, 2.75) is 26.2 Å². The van der Waals surface area contributed by atoms with Crippen LogP contribution in [0.15, 0.2) is 0 Å². The van der Waals surface area contributed by atoms with E-state index in [-0.39, 0.29) is 24.6 Å². The molecule has 1 aliphatic rings. The van der Waals surface area contributed by atoms with Gasteiger partial charge in [-0.05, 0) is 6.42 Å². The Bertz CT molecular complexity index is 404. The molecule has 0 aliphatic carbocycles. The van der Waals surface area contributed by atoms with Crippen LogP contribution in [0.3, 0.4) is 0 Å². The SMILES string of the molecule is CCCCOC(=O)N1CCN(C(=O)CCP(N)(N)=O)CC1. The highest BCUT2D eigenvalue weighted by molar-refractivity contribution is 7.59. The van der Waals surface area contributed by atoms with Crippen LogP contribution in [0.1, 0.15) is 26.2 Å². The Morgan fingerprint density at radius 1 is 1.14 bits per heavy atom. The zero-order chi connectivity index (χ0) is 15.9. The van der Waals surface area contributed by atoms with Crippen molar-refractivity contribution in [2.24, 2.45) is 11.0 Å². The van der Waals surface area contributed by atoms with E-state index < -0.39 is 7.44 Å². The highest BCUT2D eigenvalue weighted by Gasteiger charge is 2.25. The fraction of sp³-hybridized carbons (Fsp3) is 0.833. The van der Waals surface area contributed by atoms with E-state index in [1.807, 2.05) is 6.92 Å². The minimum absolute atomic E-state index is 0.00507. The maximum Gasteiger partial charge on any atom is 0.409 e. The summed E-state index contributed by atoms with van der Waals surface area (Å²) in [4.78, 5) is 26.9. The predicted octanol–water partition coefficient (Wildman–Crippen LogP) is 0.568. The molecule has 0 bridgehead atoms. The Kier molecular flexibility index (Phi) is 7.14. The van der Waals surface area contributed by atoms with Crippen molar-refractivity contribution in [1.29, 1.82) is 0 Å². The van der Waals surface area contributed by atoms with E-state index >= 15 is 0 Å². The molecule has 1 fully saturated rings. The fourth-order valence-corrected chi connectivity index (χ4v) is 2.50. The Morgan fingerprint density at radius 2 is 1.71 bits per heavy atom. The highest BCUT2D eigenvalue weighted by atomic mass is 31.2. The van der Waals surface area contributed by atoms with Gasteiger partial charge in [0.05, 0.1) is 6.61 Å². The first-order valence-corrected chi connectivity index (χ1v) is 9.22. The minimum atomic E-state index is -3.15. The van der Waals surface area contributed by atoms with E-state index in [0.29, 0.717) is 32.8 Å². The van der Waals surface area contributed by atoms with Gasteiger partial charge < -0.3 is 14.5 Å². The summed E-state index contributed by atoms with van der Waals surface area (Å²) >= 11 is 0. The summed E-state index contributed by atoms with van der Waals surface area (Å²) in [6.07, 6.45) is 1.57. The lowest BCUT2D eigenvalue weighted by atomic mass is 10.3. The molecule has 0 aromatic carbocycles. The normalized spacial score (nSPS) is 16.0. The third-order valence-electron chi connectivity index (χ3n) is 3.29. The van der Waals surface area contributed by atoms with Crippen LogP contribution < -0.4 is 11.0 Å². The average molecular weight is 320 g/mol. The molecule has 0 unspecified atom stereocenters. The first-order chi connectivity index (χ1) is 9.83. The number of ether oxygens (including phenoxy) is 1. The lowest BCUT2D eigenvalue weighted by molar-refractivity contribution is -0.132. The molecule has 0 spiro atoms. The van der Waals surface area contributed by atoms with Gasteiger partial charge in [0.2, 0.25) is 13.4 Å². The Balaban J connectivity index is 2.29. The molecule has 1 rings (SSSR count). The van der Waals surface area contributed by atoms with Gasteiger partial charge in [-0.25, -0.2) is 4.79 Å². The molecular formula is C12H25N4O4P. The van der Waals surface area contributed by atoms with Crippen molar-refractivity contribution in [1.82, 2.24) is 9.80 Å². The molecule has 8 nitrogen and oxygen atoms in total. The Labute approximate surface area is 125 Å². The summed E-state index contributed by atoms with van der Waals surface area (Å²) in [5.41, 5.74) is 10.5. The Morgan fingerprint density at radius 3 is 2.24 bits per heavy atom. The van der Waals surface area contributed by atoms with Crippen LogP contribution in [0.25, 0.3) is 0 Å². The van der Waals surface area contributed by atoms with Gasteiger partial charge in [-0.2, -0.15) is 0 Å². The molecule has 9 heteroatoms. The lowest BCUT2D eigenvalue weighted by Gasteiger charge is -2.34. The minimum Gasteiger partial charge on any atom is -0.449 e. The van der Waals surface area contributed by atoms with Crippen LogP contribution in [0, 0.1) is 0 Å². The number of piperazine rings is 1. The number of unbranched alkanes of at least 4 members (excludes halogenated alkanes) is 1. The topological polar surface area (TPSA) is 119 Å². The number of rotatable bonds is 6. The van der Waals surface area contributed by atoms with Crippen molar-refractivity contribution in [2.75, 3.05) is 38.9 Å². The van der Waals surface area contributed by atoms with Crippen molar-refractivity contribution in [3.8, 4) is 0 Å². The smallest absolute Gasteiger partial charge is 0.409 e. The number of hydrogen-bond acceptors (Lipinski definition) is 4. The average Bonchev–Trinajstić information content (AvgIpc) is 2.44. The zero-order valence-corrected chi connectivity index (χ0v) is 13.4. The molecule has 0 atom stereocenters. The van der Waals surface area contributed by atoms with Crippen LogP contribution in [0.4, 0.5) is 4.79 Å². The number of carbonyl (C=O) groups excluding carboxylic acids is 2. The molecule has 0 radical (unpaired) electrons. The molecule has 1 saturated heterocycles. The van der Waals surface area contributed by atoms with E-state index in [2.05, 4.69) is 0 Å². The van der Waals surface area contributed by atoms with Crippen molar-refractivity contribution < 1.29 is 18.9 Å². The monoisotopic (exact) mass is 320 g/mol. The molecule has 1 aliphatic heterocycles. The van der Waals surface area contributed by atoms with Gasteiger partial charge in [0.15, 0.2) is 0 Å². The molecule has 21 heavy (non-hydrogen) atoms. The number of amides is 2. The quantitative estimate of drug-likeness (QED) is 0.545. The third-order valence-corrected chi connectivity index (χ3v) is 4.21. The van der Waals surface area contributed by atoms with E-state index in [4.69, 9.17) is 15.7 Å². The van der Waals surface area contributed by atoms with Crippen molar-refractivity contribution in [3.05, 3.63) is 0 Å². The lowest BCUT2D eigenvalue weighted by Crippen LogP contribution is -2.50. The van der Waals surface area contributed by atoms with Crippen molar-refractivity contribution in [3.63, 3.8) is 0 Å². The molecule has 0 aromatic heterocycles. The second-order valence-corrected chi connectivity index (χ2v) is 7.32. The van der Waals surface area contributed by atoms with Crippen LogP contribution >= 0.6 is 7.44 Å². The summed E-state index contributed by atoms with van der Waals surface area (Å²) < 4.78 is 16.3. The zero-order valence-electron chi connectivity index (χ0n) is 12.5. The molecule has 0 saturated carbocycles. The maximum absolute atomic E-state index is 11.9. The number of nitrogens with two attached hydrogens (primary N) is 2. The summed E-state index contributed by atoms with van der Waals surface area (Å²) in [6, 6.07) is 0. The summed E-state index contributed by atoms with van der Waals surface area (Å²) in [6.45, 7) is 4.23. The maximum atomic E-state index is 11.9. The van der Waals surface area contributed by atoms with Gasteiger partial charge in [0, 0.05) is 38.8 Å². The standard InChI is InChI=1S/C12H25N4O4P/c1-2-3-9-20-12(18)16-7-5-15(6-8-16)11(17)4-10-21(13,14)19/h2-10H2,1H3,(H4,13,14,19). The van der Waals surface area contributed by atoms with Crippen LogP contribution in [-0.4, -0.2) is 60.7 Å². The van der Waals surface area contributed by atoms with Crippen LogP contribution in [-0.2, 0) is 14.1 Å². The summed E-state index contributed by atoms with van der Waals surface area (Å²) in [5.74, 6) is -0.134. The van der Waals surface area contributed by atoms with E-state index in [1.165, 1.54) is 0 Å². The third kappa shape index (κ3) is 6.93. The first kappa shape index (κ1) is 17.9. The van der Waals surface area contributed by atoms with Gasteiger partial charge in [-0.1, -0.05) is 13.3 Å². The second kappa shape index (κ2) is 8.36. The van der Waals surface area contributed by atoms with Crippen molar-refractivity contribution >= 4 is 19.4 Å². The van der Waals surface area contributed by atoms with E-state index in [1.54, 1.807) is 9.80 Å². The van der Waals surface area contributed by atoms with Gasteiger partial charge in [0.1, 0.15) is 0 Å². The number of carbonyl (C=O) groups is 2. The van der Waals surface area contributed by atoms with E-state index in [9.17, 15) is 14.2 Å². The van der Waals surface area contributed by atoms with Crippen LogP contribution in [0.5, 0.6) is 0 Å². The summed E-state index contributed by atoms with van der Waals surface area (Å²) in [5, 5.41) is 0. The van der Waals surface area contributed by atoms with Gasteiger partial charge in [-0.3, -0.25) is 20.4 Å². The van der Waals surface area contributed by atoms with E-state index in [0.717, 1.165) is 12.8 Å². The predicted molar refractivity (Wildman–Crippen MR) is 79.9 cm³/mol. The summed E-state index contributed by atoms with van der Waals surface area (Å²) in [7, 11) is -3.15. The molecular weight excluding hydrogens is 295 g/mol. The van der Waals surface area contributed by atoms with Gasteiger partial charge in [-0.15, -0.1) is 0 Å². The van der Waals surface area contributed by atoms with Crippen LogP contribution in [0.2, 0.25) is 0 Å². The van der Waals surface area contributed by atoms with Gasteiger partial charge in [0.25, 0.3) is 0 Å². The molecule has 0 aromatic rings. The largest absolute Gasteiger partial charge is 0.449 e.